The van der Waals surface area contributed by atoms with Crippen LogP contribution in [0.4, 0.5) is 0 Å². The van der Waals surface area contributed by atoms with Gasteiger partial charge in [0.15, 0.2) is 8.07 Å². The SMILES string of the molecule is c1ccc([Si]2(c3ccccc3)O[Si](c3ccccc3)(c3ccccc3)O[Si](c3ccccc3)(c3cccc(-c4ccc([Si](c5ccccc5)(c5ccccc5)c5ccccc5)cc4)c3)O2)cc1. The Bertz CT molecular complexity index is 2920. The minimum atomic E-state index is -3.77. The first kappa shape index (κ1) is 42.6. The molecule has 0 bridgehead atoms. The monoisotopic (exact) mass is 928 g/mol. The van der Waals surface area contributed by atoms with E-state index in [0.29, 0.717) is 0 Å². The van der Waals surface area contributed by atoms with E-state index in [1.165, 1.54) is 20.7 Å². The van der Waals surface area contributed by atoms with Gasteiger partial charge in [0.25, 0.3) is 0 Å². The summed E-state index contributed by atoms with van der Waals surface area (Å²) >= 11 is 0. The van der Waals surface area contributed by atoms with Gasteiger partial charge in [-0.2, -0.15) is 0 Å². The van der Waals surface area contributed by atoms with Crippen molar-refractivity contribution in [1.29, 1.82) is 0 Å². The van der Waals surface area contributed by atoms with Crippen LogP contribution in [0.25, 0.3) is 11.1 Å². The Balaban J connectivity index is 1.14. The molecule has 0 saturated carbocycles. The minimum absolute atomic E-state index is 1.03. The second-order valence-corrected chi connectivity index (χ2v) is 30.4. The molecule has 1 aliphatic rings. The van der Waals surface area contributed by atoms with E-state index in [-0.39, 0.29) is 0 Å². The lowest BCUT2D eigenvalue weighted by molar-refractivity contribution is 0.268. The number of hydrogen-bond acceptors (Lipinski definition) is 3. The van der Waals surface area contributed by atoms with Crippen LogP contribution in [-0.2, 0) is 12.3 Å². The highest BCUT2D eigenvalue weighted by atomic mass is 28.5. The Kier molecular flexibility index (Phi) is 11.6. The smallest absolute Gasteiger partial charge is 0.390 e. The van der Waals surface area contributed by atoms with Gasteiger partial charge in [0, 0.05) is 0 Å². The molecule has 0 radical (unpaired) electrons. The summed E-state index contributed by atoms with van der Waals surface area (Å²) in [5.74, 6) is 0. The first-order valence-corrected chi connectivity index (χ1v) is 30.4. The van der Waals surface area contributed by atoms with E-state index < -0.39 is 33.8 Å². The Hall–Kier alpha value is -7.05. The summed E-state index contributed by atoms with van der Waals surface area (Å²) in [6.45, 7) is 0. The maximum absolute atomic E-state index is 8.18. The quantitative estimate of drug-likeness (QED) is 0.105. The van der Waals surface area contributed by atoms with Gasteiger partial charge in [-0.05, 0) is 63.0 Å². The number of benzene rings is 10. The van der Waals surface area contributed by atoms with Gasteiger partial charge in [-0.1, -0.05) is 291 Å². The van der Waals surface area contributed by atoms with Crippen molar-refractivity contribution in [1.82, 2.24) is 0 Å². The molecular weight excluding hydrogens is 881 g/mol. The van der Waals surface area contributed by atoms with Gasteiger partial charge in [0.05, 0.1) is 0 Å². The molecule has 0 unspecified atom stereocenters. The summed E-state index contributed by atoms with van der Waals surface area (Å²) in [4.78, 5) is 0. The molecule has 0 aliphatic carbocycles. The molecule has 10 aromatic carbocycles. The summed E-state index contributed by atoms with van der Waals surface area (Å²) in [5.41, 5.74) is 2.21. The predicted molar refractivity (Wildman–Crippen MR) is 286 cm³/mol. The highest BCUT2D eigenvalue weighted by Crippen LogP contribution is 2.33. The van der Waals surface area contributed by atoms with Gasteiger partial charge in [-0.25, -0.2) is 0 Å². The zero-order valence-electron chi connectivity index (χ0n) is 36.9. The zero-order valence-corrected chi connectivity index (χ0v) is 40.9. The summed E-state index contributed by atoms with van der Waals surface area (Å²) in [7, 11) is -13.8. The van der Waals surface area contributed by atoms with Crippen LogP contribution in [-0.4, -0.2) is 33.8 Å². The molecule has 7 heteroatoms. The largest absolute Gasteiger partial charge is 0.402 e. The Morgan fingerprint density at radius 2 is 0.463 bits per heavy atom. The van der Waals surface area contributed by atoms with E-state index >= 15 is 0 Å². The van der Waals surface area contributed by atoms with Crippen molar-refractivity contribution >= 4 is 85.6 Å². The second-order valence-electron chi connectivity index (χ2n) is 17.0. The third-order valence-electron chi connectivity index (χ3n) is 13.1. The van der Waals surface area contributed by atoms with Gasteiger partial charge in [-0.3, -0.25) is 0 Å². The van der Waals surface area contributed by atoms with E-state index in [1.54, 1.807) is 0 Å². The molecule has 1 aliphatic heterocycles. The van der Waals surface area contributed by atoms with E-state index in [9.17, 15) is 0 Å². The van der Waals surface area contributed by atoms with Crippen LogP contribution in [0, 0.1) is 0 Å². The fraction of sp³-hybridized carbons (Fsp3) is 0. The number of hydrogen-bond donors (Lipinski definition) is 0. The fourth-order valence-electron chi connectivity index (χ4n) is 10.0. The fourth-order valence-corrected chi connectivity index (χ4v) is 31.7. The van der Waals surface area contributed by atoms with Crippen LogP contribution < -0.4 is 51.9 Å². The van der Waals surface area contributed by atoms with E-state index in [4.69, 9.17) is 12.3 Å². The van der Waals surface area contributed by atoms with E-state index in [2.05, 4.69) is 291 Å². The molecule has 1 fully saturated rings. The van der Waals surface area contributed by atoms with Gasteiger partial charge in [0.2, 0.25) is 0 Å². The van der Waals surface area contributed by atoms with Crippen LogP contribution in [0.1, 0.15) is 0 Å². The average molecular weight is 929 g/mol. The molecule has 11 rings (SSSR count). The zero-order chi connectivity index (χ0) is 45.0. The summed E-state index contributed by atoms with van der Waals surface area (Å²) in [5, 5.41) is 11.6. The first-order valence-electron chi connectivity index (χ1n) is 22.9. The Morgan fingerprint density at radius 3 is 0.776 bits per heavy atom. The van der Waals surface area contributed by atoms with E-state index in [1.807, 2.05) is 0 Å². The van der Waals surface area contributed by atoms with Crippen molar-refractivity contribution in [3.8, 4) is 11.1 Å². The third-order valence-corrected chi connectivity index (χ3v) is 31.4. The molecule has 0 atom stereocenters. The molecular formula is C60H48O3Si4. The van der Waals surface area contributed by atoms with Gasteiger partial charge in [0.1, 0.15) is 0 Å². The predicted octanol–water partition coefficient (Wildman–Crippen LogP) is 6.86. The normalized spacial score (nSPS) is 15.0. The topological polar surface area (TPSA) is 27.7 Å². The van der Waals surface area contributed by atoms with Crippen LogP contribution in [0.2, 0.25) is 0 Å². The molecule has 1 heterocycles. The van der Waals surface area contributed by atoms with Crippen molar-refractivity contribution < 1.29 is 12.3 Å². The molecule has 0 amide bonds. The molecule has 67 heavy (non-hydrogen) atoms. The van der Waals surface area contributed by atoms with Crippen LogP contribution >= 0.6 is 0 Å². The highest BCUT2D eigenvalue weighted by Gasteiger charge is 2.67. The van der Waals surface area contributed by atoms with Crippen LogP contribution in [0.15, 0.2) is 291 Å². The maximum Gasteiger partial charge on any atom is 0.390 e. The summed E-state index contributed by atoms with van der Waals surface area (Å²) < 4.78 is 24.4. The second kappa shape index (κ2) is 18.3. The van der Waals surface area contributed by atoms with Crippen molar-refractivity contribution in [2.45, 2.75) is 0 Å². The summed E-state index contributed by atoms with van der Waals surface area (Å²) in [6, 6.07) is 105. The minimum Gasteiger partial charge on any atom is -0.402 e. The maximum atomic E-state index is 8.18. The van der Waals surface area contributed by atoms with Crippen molar-refractivity contribution in [3.05, 3.63) is 291 Å². The van der Waals surface area contributed by atoms with Crippen LogP contribution in [0.3, 0.4) is 0 Å². The lowest BCUT2D eigenvalue weighted by Gasteiger charge is -2.53. The van der Waals surface area contributed by atoms with Crippen molar-refractivity contribution in [2.75, 3.05) is 0 Å². The van der Waals surface area contributed by atoms with Gasteiger partial charge >= 0.3 is 25.7 Å². The first-order chi connectivity index (χ1) is 33.1. The molecule has 1 saturated heterocycles. The Morgan fingerprint density at radius 1 is 0.209 bits per heavy atom. The molecule has 10 aromatic rings. The standard InChI is InChI=1S/C60H48O3Si4/c1-9-27-51(28-10-1)64(52-29-11-2-12-30-52,53-31-13-3-14-32-53)54-46-44-49(45-47-54)50-26-25-43-60(48-50)67(59-41-23-8-24-42-59)62-65(55-33-15-4-16-34-55,56-35-17-5-18-36-56)61-66(63-67,57-37-19-6-20-38-57)58-39-21-7-22-40-58/h1-48H. The van der Waals surface area contributed by atoms with Gasteiger partial charge in [-0.15, -0.1) is 0 Å². The lowest BCUT2D eigenvalue weighted by atomic mass is 10.1. The molecule has 0 aromatic heterocycles. The van der Waals surface area contributed by atoms with E-state index in [0.717, 1.165) is 42.2 Å². The van der Waals surface area contributed by atoms with Crippen LogP contribution in [0.5, 0.6) is 0 Å². The number of rotatable bonds is 11. The summed E-state index contributed by atoms with van der Waals surface area (Å²) in [6.07, 6.45) is 0. The molecule has 3 nitrogen and oxygen atoms in total. The lowest BCUT2D eigenvalue weighted by Crippen LogP contribution is -2.88. The average Bonchev–Trinajstić information content (AvgIpc) is 3.43. The van der Waals surface area contributed by atoms with Gasteiger partial charge < -0.3 is 12.3 Å². The molecule has 322 valence electrons. The molecule has 0 spiro atoms. The highest BCUT2D eigenvalue weighted by molar-refractivity contribution is 7.20. The third kappa shape index (κ3) is 7.57. The molecule has 0 N–H and O–H groups in total. The van der Waals surface area contributed by atoms with Crippen molar-refractivity contribution in [2.24, 2.45) is 0 Å². The Labute approximate surface area is 398 Å². The van der Waals surface area contributed by atoms with Crippen molar-refractivity contribution in [3.63, 3.8) is 0 Å².